The molecule has 0 spiro atoms. The largest absolute Gasteiger partial charge is 0.350 e. The van der Waals surface area contributed by atoms with Crippen LogP contribution in [0.5, 0.6) is 0 Å². The molecule has 1 aromatic carbocycles. The molecule has 1 rings (SSSR count). The second kappa shape index (κ2) is 10.6. The molecule has 24 heavy (non-hydrogen) atoms. The fraction of sp³-hybridized carbons (Fsp3) is 0.474. The van der Waals surface area contributed by atoms with Crippen LogP contribution in [0.2, 0.25) is 0 Å². The molecule has 0 fully saturated rings. The number of nitrogens with two attached hydrogens (primary N) is 1. The van der Waals surface area contributed by atoms with Crippen LogP contribution in [0, 0.1) is 0 Å². The average Bonchev–Trinajstić information content (AvgIpc) is 2.57. The molecule has 0 aliphatic carbocycles. The maximum atomic E-state index is 11.9. The molecule has 2 amide bonds. The van der Waals surface area contributed by atoms with E-state index in [1.54, 1.807) is 13.0 Å². The minimum absolute atomic E-state index is 0.128. The van der Waals surface area contributed by atoms with E-state index in [9.17, 15) is 9.59 Å². The molecule has 0 aliphatic heterocycles. The van der Waals surface area contributed by atoms with Crippen LogP contribution in [-0.2, 0) is 16.0 Å². The Hall–Kier alpha value is -2.14. The van der Waals surface area contributed by atoms with E-state index in [2.05, 4.69) is 10.6 Å². The van der Waals surface area contributed by atoms with Gasteiger partial charge in [0, 0.05) is 18.2 Å². The highest BCUT2D eigenvalue weighted by molar-refractivity contribution is 5.88. The van der Waals surface area contributed by atoms with Gasteiger partial charge < -0.3 is 16.4 Å². The van der Waals surface area contributed by atoms with E-state index in [-0.39, 0.29) is 23.9 Å². The summed E-state index contributed by atoms with van der Waals surface area (Å²) in [6.45, 7) is 5.61. The van der Waals surface area contributed by atoms with Gasteiger partial charge in [0.1, 0.15) is 0 Å². The third-order valence-corrected chi connectivity index (χ3v) is 3.81. The summed E-state index contributed by atoms with van der Waals surface area (Å²) in [6.07, 6.45) is 5.61. The fourth-order valence-corrected chi connectivity index (χ4v) is 2.09. The van der Waals surface area contributed by atoms with Gasteiger partial charge in [-0.1, -0.05) is 43.3 Å². The number of carbonyl (C=O) groups is 2. The van der Waals surface area contributed by atoms with Crippen molar-refractivity contribution in [3.63, 3.8) is 0 Å². The lowest BCUT2D eigenvalue weighted by atomic mass is 10.0. The van der Waals surface area contributed by atoms with E-state index in [0.717, 1.165) is 12.8 Å². The van der Waals surface area contributed by atoms with Gasteiger partial charge in [-0.05, 0) is 38.7 Å². The SMILES string of the molecule is CCC(C)NC(=O)/C=C/[C@H](CCc1ccccc1)NC(=O)[C@H](C)N. The molecule has 0 saturated heterocycles. The van der Waals surface area contributed by atoms with Crippen LogP contribution < -0.4 is 16.4 Å². The van der Waals surface area contributed by atoms with Crippen molar-refractivity contribution in [3.05, 3.63) is 48.0 Å². The summed E-state index contributed by atoms with van der Waals surface area (Å²) in [5.74, 6) is -0.371. The topological polar surface area (TPSA) is 84.2 Å². The Labute approximate surface area is 144 Å². The van der Waals surface area contributed by atoms with Crippen molar-refractivity contribution in [2.24, 2.45) is 5.73 Å². The van der Waals surface area contributed by atoms with E-state index < -0.39 is 6.04 Å². The first-order chi connectivity index (χ1) is 11.4. The maximum Gasteiger partial charge on any atom is 0.243 e. The predicted octanol–water partition coefficient (Wildman–Crippen LogP) is 1.92. The molecule has 1 aromatic rings. The average molecular weight is 331 g/mol. The lowest BCUT2D eigenvalue weighted by Crippen LogP contribution is -2.43. The number of rotatable bonds is 9. The minimum Gasteiger partial charge on any atom is -0.350 e. The first-order valence-corrected chi connectivity index (χ1v) is 8.51. The van der Waals surface area contributed by atoms with Gasteiger partial charge in [0.15, 0.2) is 0 Å². The van der Waals surface area contributed by atoms with Crippen molar-refractivity contribution in [1.82, 2.24) is 10.6 Å². The lowest BCUT2D eigenvalue weighted by molar-refractivity contribution is -0.122. The molecule has 0 radical (unpaired) electrons. The van der Waals surface area contributed by atoms with E-state index in [0.29, 0.717) is 6.42 Å². The summed E-state index contributed by atoms with van der Waals surface area (Å²) in [7, 11) is 0. The van der Waals surface area contributed by atoms with Gasteiger partial charge in [-0.3, -0.25) is 9.59 Å². The number of carbonyl (C=O) groups excluding carboxylic acids is 2. The van der Waals surface area contributed by atoms with E-state index >= 15 is 0 Å². The molecule has 3 atom stereocenters. The third-order valence-electron chi connectivity index (χ3n) is 3.81. The number of hydrogen-bond donors (Lipinski definition) is 3. The van der Waals surface area contributed by atoms with Crippen LogP contribution in [-0.4, -0.2) is 29.9 Å². The van der Waals surface area contributed by atoms with Gasteiger partial charge in [-0.2, -0.15) is 0 Å². The number of aryl methyl sites for hydroxylation is 1. The molecule has 0 saturated carbocycles. The summed E-state index contributed by atoms with van der Waals surface area (Å²) >= 11 is 0. The Bertz CT molecular complexity index is 541. The van der Waals surface area contributed by atoms with Crippen molar-refractivity contribution < 1.29 is 9.59 Å². The van der Waals surface area contributed by atoms with Gasteiger partial charge in [0.2, 0.25) is 11.8 Å². The van der Waals surface area contributed by atoms with Crippen LogP contribution in [0.4, 0.5) is 0 Å². The Morgan fingerprint density at radius 2 is 1.83 bits per heavy atom. The summed E-state index contributed by atoms with van der Waals surface area (Å²) in [6, 6.07) is 9.35. The second-order valence-corrected chi connectivity index (χ2v) is 6.11. The van der Waals surface area contributed by atoms with Crippen LogP contribution in [0.3, 0.4) is 0 Å². The van der Waals surface area contributed by atoms with Crippen molar-refractivity contribution in [1.29, 1.82) is 0 Å². The van der Waals surface area contributed by atoms with Gasteiger partial charge in [0.25, 0.3) is 0 Å². The molecular formula is C19H29N3O2. The predicted molar refractivity (Wildman–Crippen MR) is 97.4 cm³/mol. The number of amides is 2. The maximum absolute atomic E-state index is 11.9. The summed E-state index contributed by atoms with van der Waals surface area (Å²) < 4.78 is 0. The minimum atomic E-state index is -0.577. The molecule has 4 N–H and O–H groups in total. The number of nitrogens with one attached hydrogen (secondary N) is 2. The second-order valence-electron chi connectivity index (χ2n) is 6.11. The summed E-state index contributed by atoms with van der Waals surface area (Å²) in [4.78, 5) is 23.7. The molecule has 5 heteroatoms. The fourth-order valence-electron chi connectivity index (χ4n) is 2.09. The first-order valence-electron chi connectivity index (χ1n) is 8.51. The monoisotopic (exact) mass is 331 g/mol. The smallest absolute Gasteiger partial charge is 0.243 e. The molecule has 132 valence electrons. The zero-order valence-electron chi connectivity index (χ0n) is 14.8. The van der Waals surface area contributed by atoms with E-state index in [1.165, 1.54) is 11.6 Å². The lowest BCUT2D eigenvalue weighted by Gasteiger charge is -2.17. The van der Waals surface area contributed by atoms with E-state index in [1.807, 2.05) is 44.2 Å². The van der Waals surface area contributed by atoms with Crippen LogP contribution in [0.15, 0.2) is 42.5 Å². The van der Waals surface area contributed by atoms with Crippen molar-refractivity contribution in [2.45, 2.75) is 58.2 Å². The van der Waals surface area contributed by atoms with Gasteiger partial charge in [0.05, 0.1) is 6.04 Å². The molecular weight excluding hydrogens is 302 g/mol. The molecule has 0 heterocycles. The van der Waals surface area contributed by atoms with Gasteiger partial charge >= 0.3 is 0 Å². The van der Waals surface area contributed by atoms with Gasteiger partial charge in [-0.15, -0.1) is 0 Å². The number of benzene rings is 1. The van der Waals surface area contributed by atoms with Crippen molar-refractivity contribution >= 4 is 11.8 Å². The van der Waals surface area contributed by atoms with Crippen LogP contribution >= 0.6 is 0 Å². The highest BCUT2D eigenvalue weighted by Crippen LogP contribution is 2.06. The highest BCUT2D eigenvalue weighted by Gasteiger charge is 2.13. The Morgan fingerprint density at radius 1 is 1.17 bits per heavy atom. The Balaban J connectivity index is 2.66. The first kappa shape index (κ1) is 19.9. The summed E-state index contributed by atoms with van der Waals surface area (Å²) in [5, 5.41) is 5.75. The summed E-state index contributed by atoms with van der Waals surface area (Å²) in [5.41, 5.74) is 6.81. The standard InChI is InChI=1S/C19H29N3O2/c1-4-14(2)21-18(23)13-12-17(22-19(24)15(3)20)11-10-16-8-6-5-7-9-16/h5-9,12-15,17H,4,10-11,20H2,1-3H3,(H,21,23)(H,22,24)/b13-12+/t14?,15-,17-/m0/s1. The quantitative estimate of drug-likeness (QED) is 0.605. The van der Waals surface area contributed by atoms with Crippen LogP contribution in [0.1, 0.15) is 39.2 Å². The van der Waals surface area contributed by atoms with Crippen LogP contribution in [0.25, 0.3) is 0 Å². The zero-order chi connectivity index (χ0) is 17.9. The molecule has 1 unspecified atom stereocenters. The Morgan fingerprint density at radius 3 is 2.42 bits per heavy atom. The third kappa shape index (κ3) is 7.92. The Kier molecular flexibility index (Phi) is 8.79. The molecule has 0 bridgehead atoms. The van der Waals surface area contributed by atoms with E-state index in [4.69, 9.17) is 5.73 Å². The number of hydrogen-bond acceptors (Lipinski definition) is 3. The molecule has 5 nitrogen and oxygen atoms in total. The zero-order valence-corrected chi connectivity index (χ0v) is 14.8. The van der Waals surface area contributed by atoms with Gasteiger partial charge in [-0.25, -0.2) is 0 Å². The van der Waals surface area contributed by atoms with Crippen molar-refractivity contribution in [2.75, 3.05) is 0 Å². The highest BCUT2D eigenvalue weighted by atomic mass is 16.2. The normalized spacial score (nSPS) is 14.8. The molecule has 0 aliphatic rings. The molecule has 0 aromatic heterocycles. The van der Waals surface area contributed by atoms with Crippen molar-refractivity contribution in [3.8, 4) is 0 Å².